The van der Waals surface area contributed by atoms with E-state index in [0.717, 1.165) is 17.2 Å². The summed E-state index contributed by atoms with van der Waals surface area (Å²) < 4.78 is 30.0. The third-order valence-electron chi connectivity index (χ3n) is 4.40. The number of esters is 1. The summed E-state index contributed by atoms with van der Waals surface area (Å²) in [5, 5.41) is 4.60. The molecule has 0 atom stereocenters. The van der Waals surface area contributed by atoms with Crippen LogP contribution in [0.4, 0.5) is 10.5 Å². The van der Waals surface area contributed by atoms with Crippen LogP contribution in [-0.2, 0) is 24.4 Å². The number of nitrogens with one attached hydrogen (secondary N) is 2. The standard InChI is InChI=1S/C20H23N3O7S/c1-13-7-5-10-17(14(13)2)21-20(26)22-18(24)12-30-19(25)15-8-6-9-16(11-15)31(27,28)23(3)29-4/h5-11H,12H2,1-4H3,(H2,21,22,24,26). The van der Waals surface area contributed by atoms with Gasteiger partial charge < -0.3 is 10.1 Å². The van der Waals surface area contributed by atoms with E-state index >= 15 is 0 Å². The number of imide groups is 1. The average Bonchev–Trinajstić information content (AvgIpc) is 2.74. The summed E-state index contributed by atoms with van der Waals surface area (Å²) in [4.78, 5) is 40.6. The number of aryl methyl sites for hydroxylation is 1. The highest BCUT2D eigenvalue weighted by Gasteiger charge is 2.22. The molecule has 0 fully saturated rings. The first kappa shape index (κ1) is 24.0. The van der Waals surface area contributed by atoms with Gasteiger partial charge in [-0.05, 0) is 49.2 Å². The van der Waals surface area contributed by atoms with Crippen molar-refractivity contribution in [1.82, 2.24) is 9.79 Å². The topological polar surface area (TPSA) is 131 Å². The van der Waals surface area contributed by atoms with Crippen molar-refractivity contribution in [1.29, 1.82) is 0 Å². The zero-order valence-corrected chi connectivity index (χ0v) is 18.3. The lowest BCUT2D eigenvalue weighted by molar-refractivity contribution is -0.123. The first-order valence-electron chi connectivity index (χ1n) is 9.03. The molecule has 0 spiro atoms. The second kappa shape index (κ2) is 10.2. The molecule has 10 nitrogen and oxygen atoms in total. The Morgan fingerprint density at radius 2 is 1.74 bits per heavy atom. The molecule has 3 amide bonds. The summed E-state index contributed by atoms with van der Waals surface area (Å²) in [7, 11) is -1.57. The van der Waals surface area contributed by atoms with Crippen LogP contribution in [0, 0.1) is 13.8 Å². The molecule has 2 aromatic carbocycles. The smallest absolute Gasteiger partial charge is 0.338 e. The summed E-state index contributed by atoms with van der Waals surface area (Å²) >= 11 is 0. The maximum atomic E-state index is 12.3. The van der Waals surface area contributed by atoms with E-state index in [1.165, 1.54) is 32.4 Å². The number of anilines is 1. The SMILES string of the molecule is CON(C)S(=O)(=O)c1cccc(C(=O)OCC(=O)NC(=O)Nc2cccc(C)c2C)c1. The van der Waals surface area contributed by atoms with Crippen molar-refractivity contribution in [3.63, 3.8) is 0 Å². The van der Waals surface area contributed by atoms with Crippen LogP contribution in [0.25, 0.3) is 0 Å². The highest BCUT2D eigenvalue weighted by Crippen LogP contribution is 2.18. The Kier molecular flexibility index (Phi) is 7.86. The van der Waals surface area contributed by atoms with Crippen LogP contribution in [0.5, 0.6) is 0 Å². The number of sulfonamides is 1. The second-order valence-corrected chi connectivity index (χ2v) is 8.39. The van der Waals surface area contributed by atoms with Gasteiger partial charge in [0.1, 0.15) is 0 Å². The number of urea groups is 1. The van der Waals surface area contributed by atoms with Crippen LogP contribution in [0.2, 0.25) is 0 Å². The lowest BCUT2D eigenvalue weighted by Crippen LogP contribution is -2.37. The normalized spacial score (nSPS) is 11.1. The van der Waals surface area contributed by atoms with Crippen LogP contribution < -0.4 is 10.6 Å². The molecule has 0 radical (unpaired) electrons. The first-order valence-corrected chi connectivity index (χ1v) is 10.5. The summed E-state index contributed by atoms with van der Waals surface area (Å²) in [5.74, 6) is -1.78. The zero-order chi connectivity index (χ0) is 23.2. The Balaban J connectivity index is 1.95. The van der Waals surface area contributed by atoms with Crippen molar-refractivity contribution < 1.29 is 32.4 Å². The van der Waals surface area contributed by atoms with Gasteiger partial charge in [-0.3, -0.25) is 14.9 Å². The van der Waals surface area contributed by atoms with Gasteiger partial charge in [0.2, 0.25) is 0 Å². The van der Waals surface area contributed by atoms with Crippen molar-refractivity contribution in [2.75, 3.05) is 26.1 Å². The fraction of sp³-hybridized carbons (Fsp3) is 0.250. The number of hydrogen-bond acceptors (Lipinski definition) is 7. The number of nitrogens with zero attached hydrogens (tertiary/aromatic N) is 1. The maximum absolute atomic E-state index is 12.3. The van der Waals surface area contributed by atoms with Crippen molar-refractivity contribution in [3.05, 3.63) is 59.2 Å². The molecule has 2 rings (SSSR count). The fourth-order valence-corrected chi connectivity index (χ4v) is 3.47. The van der Waals surface area contributed by atoms with Crippen LogP contribution >= 0.6 is 0 Å². The largest absolute Gasteiger partial charge is 0.452 e. The van der Waals surface area contributed by atoms with E-state index < -0.39 is 34.5 Å². The first-order chi connectivity index (χ1) is 14.6. The zero-order valence-electron chi connectivity index (χ0n) is 17.5. The summed E-state index contributed by atoms with van der Waals surface area (Å²) in [6.45, 7) is 2.98. The quantitative estimate of drug-likeness (QED) is 0.488. The minimum atomic E-state index is -3.96. The Hall–Kier alpha value is -3.28. The molecule has 2 aromatic rings. The van der Waals surface area contributed by atoms with Crippen molar-refractivity contribution in [2.24, 2.45) is 0 Å². The molecular formula is C20H23N3O7S. The number of carbonyl (C=O) groups excluding carboxylic acids is 3. The number of ether oxygens (including phenoxy) is 1. The average molecular weight is 449 g/mol. The minimum Gasteiger partial charge on any atom is -0.452 e. The molecular weight excluding hydrogens is 426 g/mol. The predicted octanol–water partition coefficient (Wildman–Crippen LogP) is 1.99. The fourth-order valence-electron chi connectivity index (χ4n) is 2.45. The van der Waals surface area contributed by atoms with Gasteiger partial charge in [0, 0.05) is 12.7 Å². The van der Waals surface area contributed by atoms with E-state index in [1.807, 2.05) is 19.9 Å². The van der Waals surface area contributed by atoms with Crippen LogP contribution in [0.1, 0.15) is 21.5 Å². The lowest BCUT2D eigenvalue weighted by atomic mass is 10.1. The van der Waals surface area contributed by atoms with Gasteiger partial charge >= 0.3 is 12.0 Å². The maximum Gasteiger partial charge on any atom is 0.338 e. The summed E-state index contributed by atoms with van der Waals surface area (Å²) in [6.07, 6.45) is 0. The molecule has 166 valence electrons. The number of hydroxylamine groups is 1. The Morgan fingerprint density at radius 3 is 2.42 bits per heavy atom. The van der Waals surface area contributed by atoms with E-state index in [9.17, 15) is 22.8 Å². The molecule has 0 aliphatic carbocycles. The third-order valence-corrected chi connectivity index (χ3v) is 6.08. The molecule has 0 aliphatic rings. The van der Waals surface area contributed by atoms with Gasteiger partial charge in [0.15, 0.2) is 6.61 Å². The molecule has 0 aromatic heterocycles. The van der Waals surface area contributed by atoms with Crippen molar-refractivity contribution in [2.45, 2.75) is 18.7 Å². The minimum absolute atomic E-state index is 0.0850. The van der Waals surface area contributed by atoms with Gasteiger partial charge in [-0.25, -0.2) is 18.0 Å². The third kappa shape index (κ3) is 6.10. The predicted molar refractivity (Wildman–Crippen MR) is 112 cm³/mol. The van der Waals surface area contributed by atoms with E-state index in [0.29, 0.717) is 10.2 Å². The Morgan fingerprint density at radius 1 is 1.06 bits per heavy atom. The molecule has 11 heteroatoms. The number of carbonyl (C=O) groups is 3. The highest BCUT2D eigenvalue weighted by molar-refractivity contribution is 7.89. The van der Waals surface area contributed by atoms with Gasteiger partial charge in [0.25, 0.3) is 15.9 Å². The van der Waals surface area contributed by atoms with E-state index in [1.54, 1.807) is 12.1 Å². The molecule has 0 saturated carbocycles. The molecule has 0 saturated heterocycles. The molecule has 0 unspecified atom stereocenters. The van der Waals surface area contributed by atoms with Crippen molar-refractivity contribution in [3.8, 4) is 0 Å². The molecule has 2 N–H and O–H groups in total. The lowest BCUT2D eigenvalue weighted by Gasteiger charge is -2.14. The second-order valence-electron chi connectivity index (χ2n) is 6.45. The summed E-state index contributed by atoms with van der Waals surface area (Å²) in [6, 6.07) is 9.63. The Bertz CT molecular complexity index is 1100. The number of benzene rings is 2. The molecule has 0 heterocycles. The number of rotatable bonds is 7. The molecule has 0 aliphatic heterocycles. The van der Waals surface area contributed by atoms with E-state index in [-0.39, 0.29) is 10.5 Å². The van der Waals surface area contributed by atoms with Crippen LogP contribution in [-0.4, -0.2) is 51.6 Å². The van der Waals surface area contributed by atoms with E-state index in [4.69, 9.17) is 4.74 Å². The molecule has 0 bridgehead atoms. The monoisotopic (exact) mass is 449 g/mol. The molecule has 31 heavy (non-hydrogen) atoms. The van der Waals surface area contributed by atoms with Crippen molar-refractivity contribution >= 4 is 33.6 Å². The van der Waals surface area contributed by atoms with Crippen LogP contribution in [0.3, 0.4) is 0 Å². The summed E-state index contributed by atoms with van der Waals surface area (Å²) in [5.41, 5.74) is 2.28. The van der Waals surface area contributed by atoms with Crippen LogP contribution in [0.15, 0.2) is 47.4 Å². The number of hydrogen-bond donors (Lipinski definition) is 2. The number of amides is 3. The van der Waals surface area contributed by atoms with Gasteiger partial charge in [-0.2, -0.15) is 0 Å². The van der Waals surface area contributed by atoms with Gasteiger partial charge in [0.05, 0.1) is 17.6 Å². The highest BCUT2D eigenvalue weighted by atomic mass is 32.2. The van der Waals surface area contributed by atoms with E-state index in [2.05, 4.69) is 15.5 Å². The Labute approximate surface area is 180 Å². The van der Waals surface area contributed by atoms with Gasteiger partial charge in [-0.1, -0.05) is 22.7 Å². The van der Waals surface area contributed by atoms with Gasteiger partial charge in [-0.15, -0.1) is 0 Å².